The van der Waals surface area contributed by atoms with Gasteiger partial charge < -0.3 is 19.6 Å². The molecule has 2 aromatic rings. The minimum absolute atomic E-state index is 0.129. The van der Waals surface area contributed by atoms with Crippen LogP contribution in [-0.4, -0.2) is 59.4 Å². The van der Waals surface area contributed by atoms with Gasteiger partial charge in [0.1, 0.15) is 11.5 Å². The smallest absolute Gasteiger partial charge is 0.295 e. The molecule has 1 saturated heterocycles. The van der Waals surface area contributed by atoms with Gasteiger partial charge in [0, 0.05) is 12.1 Å². The maximum Gasteiger partial charge on any atom is 0.295 e. The van der Waals surface area contributed by atoms with Gasteiger partial charge >= 0.3 is 0 Å². The standard InChI is InChI=1S/C28H36N2O4/c1-5-18-34-23-11-8-10-22(19-23)25-24(26(31)21-14-12-20(4)13-15-21)27(32)28(33)30(25)17-9-16-29(6-2)7-3/h8,10-15,19,25,31H,5-7,9,16-18H2,1-4H3/b26-24-. The molecule has 1 heterocycles. The lowest BCUT2D eigenvalue weighted by molar-refractivity contribution is -0.140. The Balaban J connectivity index is 2.03. The van der Waals surface area contributed by atoms with E-state index in [-0.39, 0.29) is 11.3 Å². The number of carbonyl (C=O) groups excluding carboxylic acids is 2. The molecule has 182 valence electrons. The zero-order chi connectivity index (χ0) is 24.7. The van der Waals surface area contributed by atoms with Gasteiger partial charge in [-0.25, -0.2) is 0 Å². The fourth-order valence-electron chi connectivity index (χ4n) is 4.32. The summed E-state index contributed by atoms with van der Waals surface area (Å²) in [6.07, 6.45) is 1.61. The van der Waals surface area contributed by atoms with Crippen LogP contribution in [0.25, 0.3) is 5.76 Å². The number of nitrogens with zero attached hydrogens (tertiary/aromatic N) is 2. The van der Waals surface area contributed by atoms with Crippen LogP contribution < -0.4 is 4.74 Å². The lowest BCUT2D eigenvalue weighted by Crippen LogP contribution is -2.33. The molecule has 0 aromatic heterocycles. The van der Waals surface area contributed by atoms with Crippen molar-refractivity contribution in [2.45, 2.75) is 46.6 Å². The maximum atomic E-state index is 13.2. The first-order chi connectivity index (χ1) is 16.4. The number of aryl methyl sites for hydroxylation is 1. The van der Waals surface area contributed by atoms with E-state index in [1.807, 2.05) is 50.2 Å². The molecule has 1 aliphatic rings. The summed E-state index contributed by atoms with van der Waals surface area (Å²) in [6, 6.07) is 14.1. The minimum atomic E-state index is -0.664. The van der Waals surface area contributed by atoms with E-state index in [4.69, 9.17) is 4.74 Å². The van der Waals surface area contributed by atoms with E-state index < -0.39 is 17.7 Å². The minimum Gasteiger partial charge on any atom is -0.507 e. The number of hydrogen-bond acceptors (Lipinski definition) is 5. The van der Waals surface area contributed by atoms with Gasteiger partial charge in [-0.15, -0.1) is 0 Å². The second-order valence-corrected chi connectivity index (χ2v) is 8.66. The van der Waals surface area contributed by atoms with Gasteiger partial charge in [-0.1, -0.05) is 62.7 Å². The van der Waals surface area contributed by atoms with Crippen LogP contribution in [0.1, 0.15) is 56.3 Å². The van der Waals surface area contributed by atoms with Crippen molar-refractivity contribution in [2.24, 2.45) is 0 Å². The first kappa shape index (κ1) is 25.5. The number of aliphatic hydroxyl groups is 1. The molecular formula is C28H36N2O4. The highest BCUT2D eigenvalue weighted by Crippen LogP contribution is 2.40. The second kappa shape index (κ2) is 11.8. The highest BCUT2D eigenvalue weighted by Gasteiger charge is 2.45. The number of likely N-dealkylation sites (tertiary alicyclic amines) is 1. The largest absolute Gasteiger partial charge is 0.507 e. The Bertz CT molecular complexity index is 1020. The molecule has 1 aliphatic heterocycles. The van der Waals surface area contributed by atoms with Crippen LogP contribution in [0.15, 0.2) is 54.1 Å². The van der Waals surface area contributed by atoms with Gasteiger partial charge in [-0.05, 0) is 57.1 Å². The summed E-state index contributed by atoms with van der Waals surface area (Å²) in [6.45, 7) is 11.9. The lowest BCUT2D eigenvalue weighted by Gasteiger charge is -2.27. The van der Waals surface area contributed by atoms with Gasteiger partial charge in [-0.2, -0.15) is 0 Å². The van der Waals surface area contributed by atoms with Crippen LogP contribution in [0.4, 0.5) is 0 Å². The molecule has 1 amide bonds. The van der Waals surface area contributed by atoms with Crippen molar-refractivity contribution >= 4 is 17.4 Å². The molecule has 3 rings (SSSR count). The Kier molecular flexibility index (Phi) is 8.88. The third-order valence-corrected chi connectivity index (χ3v) is 6.28. The van der Waals surface area contributed by atoms with Gasteiger partial charge in [0.25, 0.3) is 11.7 Å². The number of aliphatic hydroxyl groups excluding tert-OH is 1. The SMILES string of the molecule is CCCOc1cccc(C2/C(=C(/O)c3ccc(C)cc3)C(=O)C(=O)N2CCCN(CC)CC)c1. The van der Waals surface area contributed by atoms with E-state index in [9.17, 15) is 14.7 Å². The predicted octanol–water partition coefficient (Wildman–Crippen LogP) is 4.94. The molecule has 2 aromatic carbocycles. The summed E-state index contributed by atoms with van der Waals surface area (Å²) in [5.41, 5.74) is 2.45. The van der Waals surface area contributed by atoms with Crippen molar-refractivity contribution in [3.63, 3.8) is 0 Å². The summed E-state index contributed by atoms with van der Waals surface area (Å²) in [4.78, 5) is 30.2. The molecule has 0 radical (unpaired) electrons. The van der Waals surface area contributed by atoms with Crippen LogP contribution in [-0.2, 0) is 9.59 Å². The number of benzene rings is 2. The monoisotopic (exact) mass is 464 g/mol. The fourth-order valence-corrected chi connectivity index (χ4v) is 4.32. The average molecular weight is 465 g/mol. The molecule has 1 unspecified atom stereocenters. The molecule has 1 fully saturated rings. The molecule has 6 heteroatoms. The molecular weight excluding hydrogens is 428 g/mol. The maximum absolute atomic E-state index is 13.2. The Labute approximate surface area is 202 Å². The average Bonchev–Trinajstić information content (AvgIpc) is 3.10. The van der Waals surface area contributed by atoms with Gasteiger partial charge in [-0.3, -0.25) is 9.59 Å². The first-order valence-electron chi connectivity index (χ1n) is 12.2. The summed E-state index contributed by atoms with van der Waals surface area (Å²) in [7, 11) is 0. The Hall–Kier alpha value is -3.12. The second-order valence-electron chi connectivity index (χ2n) is 8.66. The zero-order valence-electron chi connectivity index (χ0n) is 20.7. The number of carbonyl (C=O) groups is 2. The van der Waals surface area contributed by atoms with Crippen molar-refractivity contribution in [1.29, 1.82) is 0 Å². The molecule has 0 saturated carbocycles. The van der Waals surface area contributed by atoms with Gasteiger partial charge in [0.2, 0.25) is 0 Å². The van der Waals surface area contributed by atoms with E-state index in [0.717, 1.165) is 43.6 Å². The predicted molar refractivity (Wildman–Crippen MR) is 135 cm³/mol. The number of ether oxygens (including phenoxy) is 1. The summed E-state index contributed by atoms with van der Waals surface area (Å²) in [5, 5.41) is 11.2. The number of rotatable bonds is 11. The molecule has 6 nitrogen and oxygen atoms in total. The van der Waals surface area contributed by atoms with Gasteiger partial charge in [0.05, 0.1) is 18.2 Å². The van der Waals surface area contributed by atoms with Crippen LogP contribution in [0, 0.1) is 6.92 Å². The molecule has 34 heavy (non-hydrogen) atoms. The van der Waals surface area contributed by atoms with Crippen molar-refractivity contribution < 1.29 is 19.4 Å². The molecule has 1 N–H and O–H groups in total. The normalized spacial score (nSPS) is 17.6. The van der Waals surface area contributed by atoms with Crippen molar-refractivity contribution in [1.82, 2.24) is 9.80 Å². The fraction of sp³-hybridized carbons (Fsp3) is 0.429. The molecule has 0 bridgehead atoms. The lowest BCUT2D eigenvalue weighted by atomic mass is 9.95. The van der Waals surface area contributed by atoms with Crippen LogP contribution in [0.2, 0.25) is 0 Å². The van der Waals surface area contributed by atoms with Crippen molar-refractivity contribution in [3.8, 4) is 5.75 Å². The third-order valence-electron chi connectivity index (χ3n) is 6.28. The quantitative estimate of drug-likeness (QED) is 0.290. The van der Waals surface area contributed by atoms with Crippen molar-refractivity contribution in [3.05, 3.63) is 70.8 Å². The highest BCUT2D eigenvalue weighted by molar-refractivity contribution is 6.46. The van der Waals surface area contributed by atoms with E-state index in [1.54, 1.807) is 17.0 Å². The number of ketones is 1. The first-order valence-corrected chi connectivity index (χ1v) is 12.2. The van der Waals surface area contributed by atoms with E-state index in [0.29, 0.717) is 24.5 Å². The summed E-state index contributed by atoms with van der Waals surface area (Å²) >= 11 is 0. The Morgan fingerprint density at radius 1 is 1.06 bits per heavy atom. The van der Waals surface area contributed by atoms with E-state index >= 15 is 0 Å². The highest BCUT2D eigenvalue weighted by atomic mass is 16.5. The molecule has 1 atom stereocenters. The summed E-state index contributed by atoms with van der Waals surface area (Å²) in [5.74, 6) is -0.679. The van der Waals surface area contributed by atoms with Gasteiger partial charge in [0.15, 0.2) is 0 Å². The summed E-state index contributed by atoms with van der Waals surface area (Å²) < 4.78 is 5.81. The Morgan fingerprint density at radius 2 is 1.76 bits per heavy atom. The van der Waals surface area contributed by atoms with Crippen LogP contribution in [0.5, 0.6) is 5.75 Å². The zero-order valence-corrected chi connectivity index (χ0v) is 20.7. The van der Waals surface area contributed by atoms with E-state index in [1.165, 1.54) is 0 Å². The molecule has 0 aliphatic carbocycles. The van der Waals surface area contributed by atoms with E-state index in [2.05, 4.69) is 18.7 Å². The van der Waals surface area contributed by atoms with Crippen LogP contribution >= 0.6 is 0 Å². The number of amides is 1. The molecule has 0 spiro atoms. The number of Topliss-reactive ketones (excluding diaryl/α,β-unsaturated/α-hetero) is 1. The number of hydrogen-bond donors (Lipinski definition) is 1. The van der Waals surface area contributed by atoms with Crippen LogP contribution in [0.3, 0.4) is 0 Å². The topological polar surface area (TPSA) is 70.1 Å². The van der Waals surface area contributed by atoms with Crippen molar-refractivity contribution in [2.75, 3.05) is 32.8 Å². The third kappa shape index (κ3) is 5.68. The Morgan fingerprint density at radius 3 is 2.41 bits per heavy atom.